The minimum Gasteiger partial charge on any atom is -0.455 e. The van der Waals surface area contributed by atoms with E-state index < -0.39 is 0 Å². The molecule has 5 heteroatoms. The average molecular weight is 818 g/mol. The van der Waals surface area contributed by atoms with Gasteiger partial charge in [0.05, 0.1) is 0 Å². The van der Waals surface area contributed by atoms with Crippen molar-refractivity contribution in [2.75, 3.05) is 0 Å². The highest BCUT2D eigenvalue weighted by atomic mass is 127. The number of rotatable bonds is 7. The first kappa shape index (κ1) is 33.0. The number of furan rings is 1. The normalized spacial score (nSPS) is 12.2. The summed E-state index contributed by atoms with van der Waals surface area (Å²) in [6.45, 7) is 0. The SMILES string of the molecule is C1=IC=c2c(oc3ccccc23)=C1c1ccc(-c2nc(-c3ccccc3)nc(-c3cccc(-c4cccc(-c5cccc(-c6ccccc6)c5)c4)c3)n2)cc1. The Labute approximate surface area is 328 Å². The summed E-state index contributed by atoms with van der Waals surface area (Å²) in [6, 6.07) is 63.4. The lowest BCUT2D eigenvalue weighted by atomic mass is 9.95. The van der Waals surface area contributed by atoms with Gasteiger partial charge >= 0.3 is 0 Å². The van der Waals surface area contributed by atoms with Crippen molar-refractivity contribution in [2.45, 2.75) is 0 Å². The minimum atomic E-state index is -0.228. The molecule has 0 N–H and O–H groups in total. The van der Waals surface area contributed by atoms with Gasteiger partial charge < -0.3 is 4.42 Å². The minimum absolute atomic E-state index is 0.228. The highest BCUT2D eigenvalue weighted by molar-refractivity contribution is 14.2. The Balaban J connectivity index is 1.02. The largest absolute Gasteiger partial charge is 0.455 e. The van der Waals surface area contributed by atoms with E-state index in [4.69, 9.17) is 19.4 Å². The van der Waals surface area contributed by atoms with Crippen LogP contribution in [0.5, 0.6) is 0 Å². The molecule has 0 spiro atoms. The second kappa shape index (κ2) is 14.3. The molecule has 4 nitrogen and oxygen atoms in total. The van der Waals surface area contributed by atoms with E-state index in [1.165, 1.54) is 32.9 Å². The first-order valence-corrected chi connectivity index (χ1v) is 20.7. The van der Waals surface area contributed by atoms with Crippen molar-refractivity contribution in [1.29, 1.82) is 0 Å². The monoisotopic (exact) mass is 817 g/mol. The Morgan fingerprint density at radius 1 is 0.364 bits per heavy atom. The molecule has 1 aliphatic heterocycles. The average Bonchev–Trinajstić information content (AvgIpc) is 3.66. The zero-order valence-electron chi connectivity index (χ0n) is 29.6. The standard InChI is InChI=1S/C50H32IN3O/c1-3-12-33(13-4-1)37-16-9-17-38(28-37)39-18-10-19-40(29-39)41-20-11-21-42(30-41)50-53-48(35-14-5-2-6-15-35)52-49(54-50)36-26-24-34(25-27-36)44-31-51-32-45-43-22-7-8-23-46(43)55-47(44)45/h1-32H. The molecule has 0 bridgehead atoms. The van der Waals surface area contributed by atoms with Gasteiger partial charge in [-0.2, -0.15) is 0 Å². The second-order valence-electron chi connectivity index (χ2n) is 13.5. The zero-order chi connectivity index (χ0) is 36.6. The third-order valence-electron chi connectivity index (χ3n) is 9.96. The molecule has 0 fully saturated rings. The number of halogens is 1. The number of para-hydroxylation sites is 1. The first-order chi connectivity index (χ1) is 27.2. The Hall–Kier alpha value is -6.57. The number of benzene rings is 7. The van der Waals surface area contributed by atoms with Crippen LogP contribution in [-0.2, 0) is 0 Å². The fourth-order valence-electron chi connectivity index (χ4n) is 7.15. The van der Waals surface area contributed by atoms with Crippen molar-refractivity contribution >= 4 is 45.4 Å². The van der Waals surface area contributed by atoms with E-state index in [2.05, 4.69) is 148 Å². The molecule has 0 unspecified atom stereocenters. The molecule has 3 heterocycles. The summed E-state index contributed by atoms with van der Waals surface area (Å²) in [7, 11) is 0. The van der Waals surface area contributed by atoms with E-state index in [0.29, 0.717) is 17.5 Å². The van der Waals surface area contributed by atoms with Crippen molar-refractivity contribution < 1.29 is 4.42 Å². The number of fused-ring (bicyclic) bond motifs is 3. The zero-order valence-corrected chi connectivity index (χ0v) is 31.8. The van der Waals surface area contributed by atoms with Crippen LogP contribution in [0, 0.1) is 0 Å². The lowest BCUT2D eigenvalue weighted by molar-refractivity contribution is 0.574. The maximum Gasteiger partial charge on any atom is 0.164 e. The summed E-state index contributed by atoms with van der Waals surface area (Å²) in [5.41, 5.74) is 13.9. The van der Waals surface area contributed by atoms with Gasteiger partial charge in [0.1, 0.15) is 11.0 Å². The van der Waals surface area contributed by atoms with Crippen LogP contribution in [0.4, 0.5) is 0 Å². The van der Waals surface area contributed by atoms with Crippen LogP contribution < -0.4 is 10.6 Å². The maximum atomic E-state index is 6.38. The quantitative estimate of drug-likeness (QED) is 0.150. The van der Waals surface area contributed by atoms with Gasteiger partial charge in [0, 0.05) is 32.9 Å². The lowest BCUT2D eigenvalue weighted by Crippen LogP contribution is -2.24. The molecule has 9 aromatic rings. The molecular weight excluding hydrogens is 785 g/mol. The number of aromatic nitrogens is 3. The van der Waals surface area contributed by atoms with Crippen LogP contribution in [0.25, 0.3) is 88.2 Å². The predicted octanol–water partition coefficient (Wildman–Crippen LogP) is 11.3. The van der Waals surface area contributed by atoms with Gasteiger partial charge in [-0.05, 0) is 71.3 Å². The van der Waals surface area contributed by atoms with Gasteiger partial charge in [0.2, 0.25) is 0 Å². The van der Waals surface area contributed by atoms with Gasteiger partial charge in [-0.3, -0.25) is 0 Å². The highest BCUT2D eigenvalue weighted by Gasteiger charge is 2.15. The van der Waals surface area contributed by atoms with Crippen molar-refractivity contribution in [3.8, 4) is 67.5 Å². The topological polar surface area (TPSA) is 51.8 Å². The van der Waals surface area contributed by atoms with E-state index in [1.54, 1.807) is 0 Å². The third kappa shape index (κ3) is 6.53. The summed E-state index contributed by atoms with van der Waals surface area (Å²) in [4.78, 5) is 15.1. The fraction of sp³-hybridized carbons (Fsp3) is 0. The van der Waals surface area contributed by atoms with Crippen LogP contribution in [0.1, 0.15) is 5.56 Å². The van der Waals surface area contributed by atoms with E-state index in [-0.39, 0.29) is 20.7 Å². The summed E-state index contributed by atoms with van der Waals surface area (Å²) >= 11 is -0.228. The molecular formula is C50H32IN3O. The van der Waals surface area contributed by atoms with E-state index in [9.17, 15) is 0 Å². The summed E-state index contributed by atoms with van der Waals surface area (Å²) in [6.07, 6.45) is 0. The van der Waals surface area contributed by atoms with Crippen LogP contribution in [0.15, 0.2) is 186 Å². The van der Waals surface area contributed by atoms with Crippen LogP contribution in [0.3, 0.4) is 0 Å². The van der Waals surface area contributed by atoms with Crippen LogP contribution in [0.2, 0.25) is 0 Å². The molecule has 2 aromatic heterocycles. The van der Waals surface area contributed by atoms with Crippen molar-refractivity contribution in [2.24, 2.45) is 0 Å². The van der Waals surface area contributed by atoms with Crippen LogP contribution >= 0.6 is 20.7 Å². The second-order valence-corrected chi connectivity index (χ2v) is 15.4. The Morgan fingerprint density at radius 3 is 1.42 bits per heavy atom. The Morgan fingerprint density at radius 2 is 0.800 bits per heavy atom. The molecule has 260 valence electrons. The van der Waals surface area contributed by atoms with Crippen molar-refractivity contribution in [1.82, 2.24) is 15.0 Å². The molecule has 1 aliphatic rings. The molecule has 7 aromatic carbocycles. The van der Waals surface area contributed by atoms with Crippen molar-refractivity contribution in [3.05, 3.63) is 198 Å². The summed E-state index contributed by atoms with van der Waals surface area (Å²) in [5, 5.41) is 2.39. The first-order valence-electron chi connectivity index (χ1n) is 18.2. The predicted molar refractivity (Wildman–Crippen MR) is 235 cm³/mol. The number of hydrogen-bond acceptors (Lipinski definition) is 4. The van der Waals surface area contributed by atoms with E-state index in [1.807, 2.05) is 42.5 Å². The Bertz CT molecular complexity index is 3020. The summed E-state index contributed by atoms with van der Waals surface area (Å²) in [5.74, 6) is 1.89. The number of nitrogens with zero attached hydrogens (tertiary/aromatic N) is 3. The lowest BCUT2D eigenvalue weighted by Gasteiger charge is -2.11. The molecule has 0 saturated carbocycles. The van der Waals surface area contributed by atoms with Gasteiger partial charge in [-0.15, -0.1) is 0 Å². The maximum absolute atomic E-state index is 6.38. The van der Waals surface area contributed by atoms with Gasteiger partial charge in [-0.1, -0.05) is 178 Å². The molecule has 55 heavy (non-hydrogen) atoms. The number of hydrogen-bond donors (Lipinski definition) is 0. The highest BCUT2D eigenvalue weighted by Crippen LogP contribution is 2.32. The molecule has 0 radical (unpaired) electrons. The molecule has 0 saturated heterocycles. The molecule has 0 atom stereocenters. The Kier molecular flexibility index (Phi) is 8.61. The van der Waals surface area contributed by atoms with E-state index >= 15 is 0 Å². The van der Waals surface area contributed by atoms with Gasteiger partial charge in [-0.25, -0.2) is 15.0 Å². The van der Waals surface area contributed by atoms with Gasteiger partial charge in [0.15, 0.2) is 17.5 Å². The van der Waals surface area contributed by atoms with E-state index in [0.717, 1.165) is 50.0 Å². The van der Waals surface area contributed by atoms with Crippen molar-refractivity contribution in [3.63, 3.8) is 0 Å². The fourth-order valence-corrected chi connectivity index (χ4v) is 9.31. The molecule has 0 amide bonds. The molecule has 0 aliphatic carbocycles. The third-order valence-corrected chi connectivity index (χ3v) is 11.9. The van der Waals surface area contributed by atoms with Crippen LogP contribution in [-0.4, -0.2) is 19.0 Å². The smallest absolute Gasteiger partial charge is 0.164 e. The molecule has 10 rings (SSSR count). The summed E-state index contributed by atoms with van der Waals surface area (Å²) < 4.78 is 11.1. The van der Waals surface area contributed by atoms with Gasteiger partial charge in [0.25, 0.3) is 0 Å².